The SMILES string of the molecule is Nc1cccc(NCc2cnc[nH]2)c1. The highest BCUT2D eigenvalue weighted by Crippen LogP contribution is 2.12. The molecule has 1 aromatic heterocycles. The van der Waals surface area contributed by atoms with Crippen LogP contribution in [0, 0.1) is 0 Å². The summed E-state index contributed by atoms with van der Waals surface area (Å²) in [4.78, 5) is 6.95. The van der Waals surface area contributed by atoms with Gasteiger partial charge in [-0.1, -0.05) is 6.07 Å². The minimum atomic E-state index is 0.726. The Labute approximate surface area is 82.2 Å². The van der Waals surface area contributed by atoms with E-state index in [0.29, 0.717) is 0 Å². The van der Waals surface area contributed by atoms with Crippen molar-refractivity contribution in [2.45, 2.75) is 6.54 Å². The molecule has 0 bridgehead atoms. The zero-order valence-corrected chi connectivity index (χ0v) is 7.70. The molecule has 0 radical (unpaired) electrons. The molecule has 0 saturated heterocycles. The van der Waals surface area contributed by atoms with Gasteiger partial charge in [0.1, 0.15) is 0 Å². The van der Waals surface area contributed by atoms with Crippen LogP contribution in [0.2, 0.25) is 0 Å². The third-order valence-corrected chi connectivity index (χ3v) is 1.92. The topological polar surface area (TPSA) is 66.7 Å². The summed E-state index contributed by atoms with van der Waals surface area (Å²) >= 11 is 0. The second kappa shape index (κ2) is 3.83. The lowest BCUT2D eigenvalue weighted by Crippen LogP contribution is -1.99. The highest BCUT2D eigenvalue weighted by atomic mass is 14.9. The van der Waals surface area contributed by atoms with Crippen molar-refractivity contribution in [3.05, 3.63) is 42.5 Å². The van der Waals surface area contributed by atoms with Gasteiger partial charge in [0.15, 0.2) is 0 Å². The minimum absolute atomic E-state index is 0.726. The van der Waals surface area contributed by atoms with Crippen molar-refractivity contribution in [1.29, 1.82) is 0 Å². The fourth-order valence-corrected chi connectivity index (χ4v) is 1.23. The number of anilines is 2. The number of H-pyrrole nitrogens is 1. The first kappa shape index (κ1) is 8.62. The fraction of sp³-hybridized carbons (Fsp3) is 0.100. The molecular weight excluding hydrogens is 176 g/mol. The molecule has 0 fully saturated rings. The maximum absolute atomic E-state index is 5.65. The van der Waals surface area contributed by atoms with Crippen LogP contribution in [0.15, 0.2) is 36.8 Å². The van der Waals surface area contributed by atoms with Crippen LogP contribution in [0.4, 0.5) is 11.4 Å². The molecule has 4 N–H and O–H groups in total. The largest absolute Gasteiger partial charge is 0.399 e. The van der Waals surface area contributed by atoms with E-state index in [1.54, 1.807) is 12.5 Å². The number of nitrogens with one attached hydrogen (secondary N) is 2. The van der Waals surface area contributed by atoms with E-state index in [1.807, 2.05) is 24.3 Å². The van der Waals surface area contributed by atoms with Crippen molar-refractivity contribution in [2.24, 2.45) is 0 Å². The molecule has 14 heavy (non-hydrogen) atoms. The summed E-state index contributed by atoms with van der Waals surface area (Å²) in [6.07, 6.45) is 3.45. The summed E-state index contributed by atoms with van der Waals surface area (Å²) in [6.45, 7) is 0.726. The van der Waals surface area contributed by atoms with Crippen molar-refractivity contribution >= 4 is 11.4 Å². The highest BCUT2D eigenvalue weighted by Gasteiger charge is 1.94. The van der Waals surface area contributed by atoms with E-state index in [0.717, 1.165) is 23.6 Å². The van der Waals surface area contributed by atoms with Crippen molar-refractivity contribution < 1.29 is 0 Å². The Bertz CT molecular complexity index is 394. The predicted octanol–water partition coefficient (Wildman–Crippen LogP) is 1.60. The Kier molecular flexibility index (Phi) is 2.36. The maximum atomic E-state index is 5.65. The first-order valence-electron chi connectivity index (χ1n) is 4.41. The van der Waals surface area contributed by atoms with Gasteiger partial charge in [0.05, 0.1) is 18.6 Å². The molecule has 0 aliphatic rings. The molecule has 1 aromatic carbocycles. The number of nitrogen functional groups attached to an aromatic ring is 1. The Morgan fingerprint density at radius 3 is 3.07 bits per heavy atom. The molecule has 0 atom stereocenters. The fourth-order valence-electron chi connectivity index (χ4n) is 1.23. The van der Waals surface area contributed by atoms with Crippen molar-refractivity contribution in [3.63, 3.8) is 0 Å². The lowest BCUT2D eigenvalue weighted by atomic mass is 10.3. The van der Waals surface area contributed by atoms with Crippen LogP contribution in [-0.2, 0) is 6.54 Å². The van der Waals surface area contributed by atoms with Crippen molar-refractivity contribution in [1.82, 2.24) is 9.97 Å². The number of aromatic amines is 1. The molecule has 0 aliphatic heterocycles. The molecule has 0 unspecified atom stereocenters. The quantitative estimate of drug-likeness (QED) is 0.641. The Balaban J connectivity index is 1.98. The van der Waals surface area contributed by atoms with Crippen LogP contribution in [0.5, 0.6) is 0 Å². The smallest absolute Gasteiger partial charge is 0.0922 e. The lowest BCUT2D eigenvalue weighted by Gasteiger charge is -2.04. The van der Waals surface area contributed by atoms with Gasteiger partial charge in [-0.05, 0) is 18.2 Å². The molecule has 2 rings (SSSR count). The van der Waals surface area contributed by atoms with Crippen LogP contribution < -0.4 is 11.1 Å². The number of rotatable bonds is 3. The van der Waals surface area contributed by atoms with E-state index in [9.17, 15) is 0 Å². The van der Waals surface area contributed by atoms with Crippen LogP contribution in [0.3, 0.4) is 0 Å². The predicted molar refractivity (Wildman–Crippen MR) is 56.8 cm³/mol. The van der Waals surface area contributed by atoms with E-state index < -0.39 is 0 Å². The molecule has 0 aliphatic carbocycles. The molecular formula is C10H12N4. The van der Waals surface area contributed by atoms with E-state index in [4.69, 9.17) is 5.73 Å². The molecule has 0 saturated carbocycles. The summed E-state index contributed by atoms with van der Waals surface area (Å²) in [7, 11) is 0. The Morgan fingerprint density at radius 1 is 1.43 bits per heavy atom. The van der Waals surface area contributed by atoms with Gasteiger partial charge < -0.3 is 16.0 Å². The molecule has 4 nitrogen and oxygen atoms in total. The molecule has 72 valence electrons. The van der Waals surface area contributed by atoms with Gasteiger partial charge in [-0.3, -0.25) is 0 Å². The normalized spacial score (nSPS) is 10.0. The third-order valence-electron chi connectivity index (χ3n) is 1.92. The number of aromatic nitrogens is 2. The second-order valence-corrected chi connectivity index (χ2v) is 3.06. The maximum Gasteiger partial charge on any atom is 0.0922 e. The number of nitrogens with zero attached hydrogens (tertiary/aromatic N) is 1. The summed E-state index contributed by atoms with van der Waals surface area (Å²) in [5, 5.41) is 3.24. The van der Waals surface area contributed by atoms with Gasteiger partial charge in [0.25, 0.3) is 0 Å². The van der Waals surface area contributed by atoms with E-state index in [1.165, 1.54) is 0 Å². The summed E-state index contributed by atoms with van der Waals surface area (Å²) in [6, 6.07) is 7.66. The zero-order valence-electron chi connectivity index (χ0n) is 7.70. The number of benzene rings is 1. The van der Waals surface area contributed by atoms with Gasteiger partial charge in [0, 0.05) is 17.6 Å². The van der Waals surface area contributed by atoms with Gasteiger partial charge in [-0.2, -0.15) is 0 Å². The average Bonchev–Trinajstić information content (AvgIpc) is 2.67. The number of imidazole rings is 1. The van der Waals surface area contributed by atoms with E-state index in [2.05, 4.69) is 15.3 Å². The van der Waals surface area contributed by atoms with Gasteiger partial charge >= 0.3 is 0 Å². The van der Waals surface area contributed by atoms with Crippen LogP contribution in [0.1, 0.15) is 5.69 Å². The van der Waals surface area contributed by atoms with E-state index in [-0.39, 0.29) is 0 Å². The summed E-state index contributed by atoms with van der Waals surface area (Å²) in [5.41, 5.74) is 8.47. The van der Waals surface area contributed by atoms with Crippen molar-refractivity contribution in [2.75, 3.05) is 11.1 Å². The first-order valence-corrected chi connectivity index (χ1v) is 4.41. The van der Waals surface area contributed by atoms with Gasteiger partial charge in [0.2, 0.25) is 0 Å². The monoisotopic (exact) mass is 188 g/mol. The number of hydrogen-bond donors (Lipinski definition) is 3. The Hall–Kier alpha value is -1.97. The minimum Gasteiger partial charge on any atom is -0.399 e. The first-order chi connectivity index (χ1) is 6.84. The molecule has 0 amide bonds. The third kappa shape index (κ3) is 2.04. The van der Waals surface area contributed by atoms with Crippen LogP contribution >= 0.6 is 0 Å². The molecule has 0 spiro atoms. The van der Waals surface area contributed by atoms with E-state index >= 15 is 0 Å². The lowest BCUT2D eigenvalue weighted by molar-refractivity contribution is 1.07. The standard InChI is InChI=1S/C10H12N4/c11-8-2-1-3-9(4-8)13-6-10-5-12-7-14-10/h1-5,7,13H,6,11H2,(H,12,14). The van der Waals surface area contributed by atoms with Crippen molar-refractivity contribution in [3.8, 4) is 0 Å². The van der Waals surface area contributed by atoms with Crippen LogP contribution in [0.25, 0.3) is 0 Å². The molecule has 1 heterocycles. The summed E-state index contributed by atoms with van der Waals surface area (Å²) < 4.78 is 0. The Morgan fingerprint density at radius 2 is 2.36 bits per heavy atom. The molecule has 2 aromatic rings. The molecule has 4 heteroatoms. The zero-order chi connectivity index (χ0) is 9.80. The van der Waals surface area contributed by atoms with Crippen LogP contribution in [-0.4, -0.2) is 9.97 Å². The number of hydrogen-bond acceptors (Lipinski definition) is 3. The summed E-state index contributed by atoms with van der Waals surface area (Å²) in [5.74, 6) is 0. The van der Waals surface area contributed by atoms with Gasteiger partial charge in [-0.25, -0.2) is 4.98 Å². The number of nitrogens with two attached hydrogens (primary N) is 1. The van der Waals surface area contributed by atoms with Gasteiger partial charge in [-0.15, -0.1) is 0 Å². The highest BCUT2D eigenvalue weighted by molar-refractivity contribution is 5.54. The average molecular weight is 188 g/mol. The second-order valence-electron chi connectivity index (χ2n) is 3.06.